The summed E-state index contributed by atoms with van der Waals surface area (Å²) >= 11 is 0. The van der Waals surface area contributed by atoms with Gasteiger partial charge in [0.15, 0.2) is 18.9 Å². The minimum Gasteiger partial charge on any atom is -0.449 e. The molecule has 0 saturated heterocycles. The van der Waals surface area contributed by atoms with E-state index in [1.165, 1.54) is 89.9 Å². The van der Waals surface area contributed by atoms with Crippen LogP contribution >= 0.6 is 7.82 Å². The van der Waals surface area contributed by atoms with Gasteiger partial charge in [0.2, 0.25) is 0 Å². The SMILES string of the molecule is CCCCCCCCCCCCCCCCCCNC(=O)OCC1(C(C[n+]2ccccc2)OP(=O)(O)OC)CCCC1. The van der Waals surface area contributed by atoms with Crippen molar-refractivity contribution in [3.63, 3.8) is 0 Å². The molecule has 0 spiro atoms. The molecule has 242 valence electrons. The lowest BCUT2D eigenvalue weighted by molar-refractivity contribution is -0.705. The average Bonchev–Trinajstić information content (AvgIpc) is 3.48. The molecular formula is C33H60N2O6P+. The highest BCUT2D eigenvalue weighted by Crippen LogP contribution is 2.51. The molecule has 2 unspecified atom stereocenters. The van der Waals surface area contributed by atoms with Crippen molar-refractivity contribution in [1.29, 1.82) is 0 Å². The van der Waals surface area contributed by atoms with E-state index in [9.17, 15) is 14.3 Å². The Hall–Kier alpha value is -1.47. The number of rotatable bonds is 25. The number of ether oxygens (including phenoxy) is 1. The maximum Gasteiger partial charge on any atom is 0.472 e. The number of aromatic nitrogens is 1. The predicted molar refractivity (Wildman–Crippen MR) is 168 cm³/mol. The van der Waals surface area contributed by atoms with E-state index in [-0.39, 0.29) is 6.61 Å². The van der Waals surface area contributed by atoms with E-state index in [4.69, 9.17) is 13.8 Å². The molecule has 1 aromatic rings. The number of nitrogens with zero attached hydrogens (tertiary/aromatic N) is 1. The number of amides is 1. The Morgan fingerprint density at radius 3 is 1.86 bits per heavy atom. The van der Waals surface area contributed by atoms with E-state index in [2.05, 4.69) is 12.2 Å². The van der Waals surface area contributed by atoms with E-state index in [0.29, 0.717) is 13.1 Å². The number of nitrogens with one attached hydrogen (secondary N) is 1. The van der Waals surface area contributed by atoms with Crippen LogP contribution in [0.3, 0.4) is 0 Å². The molecule has 1 aromatic heterocycles. The van der Waals surface area contributed by atoms with Crippen LogP contribution in [0.5, 0.6) is 0 Å². The van der Waals surface area contributed by atoms with Gasteiger partial charge in [0.05, 0.1) is 0 Å². The van der Waals surface area contributed by atoms with Crippen LogP contribution < -0.4 is 9.88 Å². The number of alkyl carbamates (subject to hydrolysis) is 1. The second kappa shape index (κ2) is 22.1. The van der Waals surface area contributed by atoms with Gasteiger partial charge in [-0.2, -0.15) is 0 Å². The molecule has 8 nitrogen and oxygen atoms in total. The maximum atomic E-state index is 12.5. The van der Waals surface area contributed by atoms with Gasteiger partial charge < -0.3 is 14.9 Å². The van der Waals surface area contributed by atoms with Crippen LogP contribution in [0.15, 0.2) is 30.6 Å². The van der Waals surface area contributed by atoms with Crippen LogP contribution in [-0.2, 0) is 24.9 Å². The normalized spacial score (nSPS) is 16.6. The molecular weight excluding hydrogens is 551 g/mol. The third-order valence-electron chi connectivity index (χ3n) is 8.72. The molecule has 1 amide bonds. The molecule has 9 heteroatoms. The van der Waals surface area contributed by atoms with Crippen molar-refractivity contribution in [3.05, 3.63) is 30.6 Å². The molecule has 1 saturated carbocycles. The van der Waals surface area contributed by atoms with E-state index in [0.717, 1.165) is 45.6 Å². The lowest BCUT2D eigenvalue weighted by Gasteiger charge is -2.35. The maximum absolute atomic E-state index is 12.5. The molecule has 0 radical (unpaired) electrons. The fourth-order valence-corrected chi connectivity index (χ4v) is 6.75. The van der Waals surface area contributed by atoms with Crippen LogP contribution in [0.1, 0.15) is 135 Å². The van der Waals surface area contributed by atoms with Crippen molar-refractivity contribution in [2.75, 3.05) is 20.3 Å². The number of carbonyl (C=O) groups excluding carboxylic acids is 1. The standard InChI is InChI=1S/C33H59N2O6P/c1-3-4-5-6-7-8-9-10-11-12-13-14-15-16-17-21-26-34-32(36)40-30-33(24-19-20-25-33)31(41-42(37,38)39-2)29-35-27-22-18-23-28-35/h18,22-23,27-28,31H,3-17,19-21,24-26,29-30H2,1-2H3,(H-,34,36,37,38)/p+1. The van der Waals surface area contributed by atoms with Gasteiger partial charge in [-0.25, -0.2) is 13.9 Å². The molecule has 2 rings (SSSR count). The first-order valence-corrected chi connectivity index (χ1v) is 18.3. The highest BCUT2D eigenvalue weighted by atomic mass is 31.2. The predicted octanol–water partition coefficient (Wildman–Crippen LogP) is 8.65. The molecule has 1 fully saturated rings. The number of unbranched alkanes of at least 4 members (excludes halogenated alkanes) is 15. The average molecular weight is 612 g/mol. The topological polar surface area (TPSA) is 98.0 Å². The van der Waals surface area contributed by atoms with Crippen LogP contribution in [0.25, 0.3) is 0 Å². The van der Waals surface area contributed by atoms with E-state index < -0.39 is 25.4 Å². The minimum atomic E-state index is -4.23. The summed E-state index contributed by atoms with van der Waals surface area (Å²) in [5.41, 5.74) is -0.550. The Bertz CT molecular complexity index is 865. The summed E-state index contributed by atoms with van der Waals surface area (Å²) in [6.07, 6.45) is 27.2. The van der Waals surface area contributed by atoms with Crippen LogP contribution in [-0.4, -0.2) is 37.4 Å². The third-order valence-corrected chi connectivity index (χ3v) is 9.70. The smallest absolute Gasteiger partial charge is 0.449 e. The Morgan fingerprint density at radius 2 is 1.36 bits per heavy atom. The fraction of sp³-hybridized carbons (Fsp3) is 0.818. The summed E-state index contributed by atoms with van der Waals surface area (Å²) in [7, 11) is -3.06. The largest absolute Gasteiger partial charge is 0.472 e. The first kappa shape index (κ1) is 36.7. The third kappa shape index (κ3) is 15.8. The van der Waals surface area contributed by atoms with Crippen molar-refractivity contribution in [2.24, 2.45) is 5.41 Å². The van der Waals surface area contributed by atoms with Crippen molar-refractivity contribution in [1.82, 2.24) is 5.32 Å². The monoisotopic (exact) mass is 611 g/mol. The van der Waals surface area contributed by atoms with Crippen LogP contribution in [0, 0.1) is 5.41 Å². The van der Waals surface area contributed by atoms with E-state index in [1.54, 1.807) is 0 Å². The lowest BCUT2D eigenvalue weighted by atomic mass is 9.81. The zero-order chi connectivity index (χ0) is 30.4. The highest BCUT2D eigenvalue weighted by molar-refractivity contribution is 7.47. The van der Waals surface area contributed by atoms with Crippen molar-refractivity contribution < 1.29 is 32.6 Å². The molecule has 0 aliphatic heterocycles. The van der Waals surface area contributed by atoms with Gasteiger partial charge in [-0.05, 0) is 19.3 Å². The van der Waals surface area contributed by atoms with E-state index in [1.807, 2.05) is 35.2 Å². The van der Waals surface area contributed by atoms with Gasteiger partial charge >= 0.3 is 13.9 Å². The van der Waals surface area contributed by atoms with Gasteiger partial charge in [-0.15, -0.1) is 0 Å². The number of phosphoric acid groups is 1. The molecule has 0 aromatic carbocycles. The Kier molecular flexibility index (Phi) is 19.3. The number of carbonyl (C=O) groups is 1. The summed E-state index contributed by atoms with van der Waals surface area (Å²) in [5.74, 6) is 0. The molecule has 1 aliphatic rings. The van der Waals surface area contributed by atoms with Gasteiger partial charge in [0, 0.05) is 31.2 Å². The van der Waals surface area contributed by atoms with Gasteiger partial charge in [0.25, 0.3) is 0 Å². The number of phosphoric ester groups is 1. The second-order valence-electron chi connectivity index (χ2n) is 12.2. The number of pyridine rings is 1. The summed E-state index contributed by atoms with van der Waals surface area (Å²) < 4.78 is 30.4. The minimum absolute atomic E-state index is 0.138. The lowest BCUT2D eigenvalue weighted by Crippen LogP contribution is -2.49. The second-order valence-corrected chi connectivity index (χ2v) is 13.7. The summed E-state index contributed by atoms with van der Waals surface area (Å²) in [4.78, 5) is 22.6. The van der Waals surface area contributed by atoms with Crippen LogP contribution in [0.4, 0.5) is 4.79 Å². The van der Waals surface area contributed by atoms with Crippen molar-refractivity contribution >= 4 is 13.9 Å². The molecule has 2 N–H and O–H groups in total. The quantitative estimate of drug-likeness (QED) is 0.0652. The molecule has 1 aliphatic carbocycles. The zero-order valence-electron chi connectivity index (χ0n) is 26.6. The number of hydrogen-bond donors (Lipinski definition) is 2. The van der Waals surface area contributed by atoms with Crippen LogP contribution in [0.2, 0.25) is 0 Å². The first-order chi connectivity index (χ1) is 20.4. The van der Waals surface area contributed by atoms with Crippen molar-refractivity contribution in [3.8, 4) is 0 Å². The Labute approximate surface area is 255 Å². The Balaban J connectivity index is 1.58. The molecule has 42 heavy (non-hydrogen) atoms. The van der Waals surface area contributed by atoms with Gasteiger partial charge in [-0.1, -0.05) is 122 Å². The summed E-state index contributed by atoms with van der Waals surface area (Å²) in [5, 5.41) is 2.89. The Morgan fingerprint density at radius 1 is 0.857 bits per heavy atom. The summed E-state index contributed by atoms with van der Waals surface area (Å²) in [6, 6.07) is 5.71. The number of hydrogen-bond acceptors (Lipinski definition) is 5. The molecule has 2 atom stereocenters. The molecule has 1 heterocycles. The fourth-order valence-electron chi connectivity index (χ4n) is 6.05. The van der Waals surface area contributed by atoms with Gasteiger partial charge in [-0.3, -0.25) is 9.05 Å². The highest BCUT2D eigenvalue weighted by Gasteiger charge is 2.48. The zero-order valence-corrected chi connectivity index (χ0v) is 27.5. The summed E-state index contributed by atoms with van der Waals surface area (Å²) in [6.45, 7) is 3.37. The first-order valence-electron chi connectivity index (χ1n) is 16.8. The molecule has 0 bridgehead atoms. The van der Waals surface area contributed by atoms with E-state index >= 15 is 0 Å². The van der Waals surface area contributed by atoms with Gasteiger partial charge in [0.1, 0.15) is 12.7 Å². The van der Waals surface area contributed by atoms with Crippen molar-refractivity contribution in [2.45, 2.75) is 148 Å².